The molecular formula is C18H29ClN2. The van der Waals surface area contributed by atoms with Crippen molar-refractivity contribution in [2.75, 3.05) is 20.6 Å². The highest BCUT2D eigenvalue weighted by Gasteiger charge is 2.41. The predicted molar refractivity (Wildman–Crippen MR) is 91.8 cm³/mol. The van der Waals surface area contributed by atoms with Crippen molar-refractivity contribution in [2.45, 2.75) is 45.7 Å². The van der Waals surface area contributed by atoms with Gasteiger partial charge in [0, 0.05) is 23.7 Å². The van der Waals surface area contributed by atoms with Gasteiger partial charge in [0.15, 0.2) is 0 Å². The van der Waals surface area contributed by atoms with E-state index in [-0.39, 0.29) is 0 Å². The Morgan fingerprint density at radius 2 is 1.95 bits per heavy atom. The van der Waals surface area contributed by atoms with Gasteiger partial charge >= 0.3 is 0 Å². The van der Waals surface area contributed by atoms with E-state index in [1.54, 1.807) is 0 Å². The van der Waals surface area contributed by atoms with E-state index >= 15 is 0 Å². The van der Waals surface area contributed by atoms with Gasteiger partial charge in [-0.15, -0.1) is 0 Å². The topological polar surface area (TPSA) is 15.3 Å². The Bertz CT molecular complexity index is 455. The molecule has 1 aromatic rings. The van der Waals surface area contributed by atoms with Gasteiger partial charge in [-0.05, 0) is 62.9 Å². The van der Waals surface area contributed by atoms with E-state index in [9.17, 15) is 0 Å². The number of nitrogens with zero attached hydrogens (tertiary/aromatic N) is 1. The minimum atomic E-state index is 0.407. The van der Waals surface area contributed by atoms with Gasteiger partial charge in [-0.3, -0.25) is 4.90 Å². The van der Waals surface area contributed by atoms with Crippen molar-refractivity contribution < 1.29 is 0 Å². The number of hydrogen-bond acceptors (Lipinski definition) is 2. The van der Waals surface area contributed by atoms with Crippen molar-refractivity contribution in [3.05, 3.63) is 34.9 Å². The van der Waals surface area contributed by atoms with Gasteiger partial charge in [0.1, 0.15) is 0 Å². The first-order chi connectivity index (χ1) is 9.85. The maximum Gasteiger partial charge on any atom is 0.0406 e. The fourth-order valence-electron chi connectivity index (χ4n) is 3.86. The Hall–Kier alpha value is -0.570. The smallest absolute Gasteiger partial charge is 0.0406 e. The van der Waals surface area contributed by atoms with Crippen molar-refractivity contribution in [3.8, 4) is 0 Å². The van der Waals surface area contributed by atoms with E-state index in [0.717, 1.165) is 17.5 Å². The van der Waals surface area contributed by atoms with Crippen LogP contribution in [0.4, 0.5) is 0 Å². The van der Waals surface area contributed by atoms with Gasteiger partial charge in [-0.1, -0.05) is 37.6 Å². The molecule has 0 radical (unpaired) electrons. The third-order valence-electron chi connectivity index (χ3n) is 5.32. The van der Waals surface area contributed by atoms with Gasteiger partial charge in [0.2, 0.25) is 0 Å². The molecule has 1 aromatic carbocycles. The van der Waals surface area contributed by atoms with Crippen LogP contribution >= 0.6 is 11.6 Å². The van der Waals surface area contributed by atoms with Gasteiger partial charge in [-0.25, -0.2) is 0 Å². The van der Waals surface area contributed by atoms with Crippen molar-refractivity contribution in [1.82, 2.24) is 10.2 Å². The number of nitrogens with one attached hydrogen (secondary N) is 1. The molecule has 21 heavy (non-hydrogen) atoms. The number of halogens is 1. The molecule has 1 saturated carbocycles. The quantitative estimate of drug-likeness (QED) is 0.869. The van der Waals surface area contributed by atoms with Crippen LogP contribution in [0.3, 0.4) is 0 Å². The predicted octanol–water partition coefficient (Wildman–Crippen LogP) is 4.36. The minimum absolute atomic E-state index is 0.407. The normalized spacial score (nSPS) is 26.2. The van der Waals surface area contributed by atoms with Crippen molar-refractivity contribution in [2.24, 2.45) is 11.3 Å². The SMILES string of the molecule is CNC1C(CN(C)C(C)c2ccc(Cl)cc2)CCC1(C)C. The van der Waals surface area contributed by atoms with Crippen LogP contribution < -0.4 is 5.32 Å². The average Bonchev–Trinajstić information content (AvgIpc) is 2.73. The zero-order chi connectivity index (χ0) is 15.6. The fourth-order valence-corrected chi connectivity index (χ4v) is 3.99. The highest BCUT2D eigenvalue weighted by molar-refractivity contribution is 6.30. The second kappa shape index (κ2) is 6.68. The minimum Gasteiger partial charge on any atom is -0.316 e. The second-order valence-electron chi connectivity index (χ2n) is 7.22. The lowest BCUT2D eigenvalue weighted by Gasteiger charge is -2.34. The standard InChI is InChI=1S/C18H29ClN2/c1-13(14-6-8-16(19)9-7-14)21(5)12-15-10-11-18(2,3)17(15)20-4/h6-9,13,15,17,20H,10-12H2,1-5H3. The molecular weight excluding hydrogens is 280 g/mol. The Morgan fingerprint density at radius 1 is 1.33 bits per heavy atom. The maximum atomic E-state index is 5.98. The lowest BCUT2D eigenvalue weighted by molar-refractivity contribution is 0.182. The van der Waals surface area contributed by atoms with Crippen LogP contribution in [0.25, 0.3) is 0 Å². The van der Waals surface area contributed by atoms with Crippen molar-refractivity contribution in [1.29, 1.82) is 0 Å². The van der Waals surface area contributed by atoms with Crippen LogP contribution in [-0.2, 0) is 0 Å². The second-order valence-corrected chi connectivity index (χ2v) is 7.66. The van der Waals surface area contributed by atoms with Gasteiger partial charge in [-0.2, -0.15) is 0 Å². The highest BCUT2D eigenvalue weighted by Crippen LogP contribution is 2.41. The van der Waals surface area contributed by atoms with E-state index in [0.29, 0.717) is 17.5 Å². The van der Waals surface area contributed by atoms with Gasteiger partial charge in [0.25, 0.3) is 0 Å². The molecule has 1 aliphatic rings. The molecule has 0 saturated heterocycles. The van der Waals surface area contributed by atoms with Crippen LogP contribution in [0.15, 0.2) is 24.3 Å². The first-order valence-corrected chi connectivity index (χ1v) is 8.36. The van der Waals surface area contributed by atoms with Crippen molar-refractivity contribution >= 4 is 11.6 Å². The Balaban J connectivity index is 2.01. The van der Waals surface area contributed by atoms with E-state index in [1.807, 2.05) is 12.1 Å². The van der Waals surface area contributed by atoms with Gasteiger partial charge in [0.05, 0.1) is 0 Å². The monoisotopic (exact) mass is 308 g/mol. The molecule has 0 bridgehead atoms. The molecule has 118 valence electrons. The van der Waals surface area contributed by atoms with Crippen LogP contribution in [0.5, 0.6) is 0 Å². The van der Waals surface area contributed by atoms with Crippen LogP contribution in [0.1, 0.15) is 45.2 Å². The Kier molecular flexibility index (Phi) is 5.34. The summed E-state index contributed by atoms with van der Waals surface area (Å²) in [4.78, 5) is 2.47. The first kappa shape index (κ1) is 16.8. The summed E-state index contributed by atoms with van der Waals surface area (Å²) in [5.74, 6) is 0.727. The molecule has 1 aliphatic carbocycles. The molecule has 3 atom stereocenters. The summed E-state index contributed by atoms with van der Waals surface area (Å²) in [6.45, 7) is 8.18. The first-order valence-electron chi connectivity index (χ1n) is 7.98. The molecule has 1 N–H and O–H groups in total. The average molecular weight is 309 g/mol. The third kappa shape index (κ3) is 3.80. The molecule has 0 spiro atoms. The summed E-state index contributed by atoms with van der Waals surface area (Å²) in [6, 6.07) is 9.27. The number of benzene rings is 1. The Morgan fingerprint density at radius 3 is 2.52 bits per heavy atom. The number of hydrogen-bond donors (Lipinski definition) is 1. The zero-order valence-electron chi connectivity index (χ0n) is 14.0. The maximum absolute atomic E-state index is 5.98. The van der Waals surface area contributed by atoms with Crippen LogP contribution in [0.2, 0.25) is 5.02 Å². The van der Waals surface area contributed by atoms with E-state index in [4.69, 9.17) is 11.6 Å². The fraction of sp³-hybridized carbons (Fsp3) is 0.667. The van der Waals surface area contributed by atoms with E-state index in [1.165, 1.54) is 18.4 Å². The van der Waals surface area contributed by atoms with Crippen molar-refractivity contribution in [3.63, 3.8) is 0 Å². The summed E-state index contributed by atoms with van der Waals surface area (Å²) in [7, 11) is 4.34. The lowest BCUT2D eigenvalue weighted by Crippen LogP contribution is -2.43. The zero-order valence-corrected chi connectivity index (χ0v) is 14.7. The molecule has 0 aliphatic heterocycles. The molecule has 0 amide bonds. The number of rotatable bonds is 5. The largest absolute Gasteiger partial charge is 0.316 e. The molecule has 0 aromatic heterocycles. The lowest BCUT2D eigenvalue weighted by atomic mass is 9.84. The van der Waals surface area contributed by atoms with E-state index in [2.05, 4.69) is 57.2 Å². The molecule has 2 rings (SSSR count). The highest BCUT2D eigenvalue weighted by atomic mass is 35.5. The summed E-state index contributed by atoms with van der Waals surface area (Å²) >= 11 is 5.98. The summed E-state index contributed by atoms with van der Waals surface area (Å²) in [5.41, 5.74) is 1.74. The Labute approximate surface area is 134 Å². The van der Waals surface area contributed by atoms with Crippen LogP contribution in [0, 0.1) is 11.3 Å². The van der Waals surface area contributed by atoms with Crippen LogP contribution in [-0.4, -0.2) is 31.6 Å². The summed E-state index contributed by atoms with van der Waals surface area (Å²) < 4.78 is 0. The third-order valence-corrected chi connectivity index (χ3v) is 5.57. The molecule has 3 unspecified atom stereocenters. The summed E-state index contributed by atoms with van der Waals surface area (Å²) in [5, 5.41) is 4.36. The molecule has 2 nitrogen and oxygen atoms in total. The molecule has 3 heteroatoms. The summed E-state index contributed by atoms with van der Waals surface area (Å²) in [6.07, 6.45) is 2.63. The van der Waals surface area contributed by atoms with E-state index < -0.39 is 0 Å². The van der Waals surface area contributed by atoms with Gasteiger partial charge < -0.3 is 5.32 Å². The molecule has 0 heterocycles. The molecule has 1 fully saturated rings.